The largest absolute Gasteiger partial charge is 0.332 e. The molecule has 4 fully saturated rings. The topological polar surface area (TPSA) is 78.0 Å². The zero-order valence-electron chi connectivity index (χ0n) is 19.7. The molecule has 4 atom stereocenters. The van der Waals surface area contributed by atoms with Crippen molar-refractivity contribution in [2.45, 2.75) is 56.7 Å². The van der Waals surface area contributed by atoms with E-state index in [4.69, 9.17) is 11.6 Å². The number of hydrogen-bond donors (Lipinski definition) is 0. The van der Waals surface area contributed by atoms with E-state index in [1.807, 2.05) is 6.07 Å². The van der Waals surface area contributed by atoms with E-state index in [-0.39, 0.29) is 17.9 Å². The van der Waals surface area contributed by atoms with Crippen molar-refractivity contribution in [2.24, 2.45) is 11.8 Å². The molecule has 0 radical (unpaired) electrons. The van der Waals surface area contributed by atoms with E-state index >= 15 is 0 Å². The third-order valence-electron chi connectivity index (χ3n) is 8.36. The molecule has 3 heterocycles. The zero-order valence-corrected chi connectivity index (χ0v) is 22.0. The monoisotopic (exact) mass is 569 g/mol. The molecule has 9 heteroatoms. The van der Waals surface area contributed by atoms with Crippen LogP contribution in [0.2, 0.25) is 5.02 Å². The number of anilines is 1. The van der Waals surface area contributed by atoms with Gasteiger partial charge in [0.1, 0.15) is 5.54 Å². The van der Waals surface area contributed by atoms with E-state index < -0.39 is 35.4 Å². The summed E-state index contributed by atoms with van der Waals surface area (Å²) in [6, 6.07) is 12.5. The van der Waals surface area contributed by atoms with Gasteiger partial charge in [-0.05, 0) is 55.7 Å². The Hall–Kier alpha value is -2.71. The molecule has 2 aromatic carbocycles. The summed E-state index contributed by atoms with van der Waals surface area (Å²) < 4.78 is 0.723. The van der Waals surface area contributed by atoms with Crippen LogP contribution in [0, 0.1) is 11.8 Å². The molecule has 4 aliphatic rings. The summed E-state index contributed by atoms with van der Waals surface area (Å²) in [6.45, 7) is 1.65. The molecule has 0 N–H and O–H groups in total. The van der Waals surface area contributed by atoms with E-state index in [2.05, 4.69) is 15.9 Å². The maximum atomic E-state index is 14.1. The minimum atomic E-state index is -1.48. The SMILES string of the molecule is C[C@@]12C(=O)N(c3cccc(Br)c3)C(=O)N1C(c1ccc(Cl)cc1)C1C(=O)N(C3CCCCC3)C(=O)C12. The van der Waals surface area contributed by atoms with Crippen molar-refractivity contribution in [2.75, 3.05) is 4.90 Å². The van der Waals surface area contributed by atoms with Gasteiger partial charge in [-0.15, -0.1) is 0 Å². The number of hydrogen-bond acceptors (Lipinski definition) is 4. The van der Waals surface area contributed by atoms with Gasteiger partial charge in [0, 0.05) is 15.5 Å². The van der Waals surface area contributed by atoms with Crippen LogP contribution in [0.3, 0.4) is 0 Å². The van der Waals surface area contributed by atoms with Crippen molar-refractivity contribution in [1.82, 2.24) is 9.80 Å². The number of amides is 5. The molecule has 3 saturated heterocycles. The van der Waals surface area contributed by atoms with Gasteiger partial charge in [0.05, 0.1) is 23.6 Å². The lowest BCUT2D eigenvalue weighted by Gasteiger charge is -2.35. The Kier molecular flexibility index (Phi) is 5.53. The standard InChI is InChI=1S/C27H25BrClN3O4/c1-27-21-20(23(33)30(24(21)34)18-7-3-2-4-8-18)22(15-10-12-17(29)13-11-15)32(27)26(36)31(25(27)35)19-9-5-6-16(28)14-19/h5-6,9-14,18,20-22H,2-4,7-8H2,1H3/t20?,21?,22?,27-/m1/s1. The lowest BCUT2D eigenvalue weighted by molar-refractivity contribution is -0.147. The van der Waals surface area contributed by atoms with Crippen molar-refractivity contribution in [3.63, 3.8) is 0 Å². The second-order valence-electron chi connectivity index (χ2n) is 10.3. The van der Waals surface area contributed by atoms with E-state index in [9.17, 15) is 19.2 Å². The Balaban J connectivity index is 1.50. The van der Waals surface area contributed by atoms with Gasteiger partial charge >= 0.3 is 6.03 Å². The van der Waals surface area contributed by atoms with Gasteiger partial charge < -0.3 is 4.90 Å². The number of imide groups is 2. The molecule has 6 rings (SSSR count). The van der Waals surface area contributed by atoms with Gasteiger partial charge in [-0.1, -0.05) is 65.0 Å². The summed E-state index contributed by atoms with van der Waals surface area (Å²) in [5.74, 6) is -2.85. The number of urea groups is 1. The molecular formula is C27H25BrClN3O4. The molecule has 7 nitrogen and oxygen atoms in total. The first-order chi connectivity index (χ1) is 17.2. The summed E-state index contributed by atoms with van der Waals surface area (Å²) in [6.07, 6.45) is 4.58. The fourth-order valence-corrected chi connectivity index (χ4v) is 7.27. The first-order valence-electron chi connectivity index (χ1n) is 12.3. The molecule has 3 unspecified atom stereocenters. The summed E-state index contributed by atoms with van der Waals surface area (Å²) >= 11 is 9.55. The van der Waals surface area contributed by atoms with Gasteiger partial charge in [0.15, 0.2) is 0 Å². The number of likely N-dealkylation sites (tertiary alicyclic amines) is 1. The van der Waals surface area contributed by atoms with Crippen molar-refractivity contribution >= 4 is 57.0 Å². The number of halogens is 2. The van der Waals surface area contributed by atoms with Crippen LogP contribution in [-0.4, -0.2) is 45.1 Å². The first-order valence-corrected chi connectivity index (χ1v) is 13.5. The minimum Gasteiger partial charge on any atom is -0.301 e. The second kappa shape index (κ2) is 8.42. The van der Waals surface area contributed by atoms with E-state index in [1.54, 1.807) is 49.4 Å². The highest BCUT2D eigenvalue weighted by atomic mass is 79.9. The number of rotatable bonds is 3. The molecule has 2 aromatic rings. The summed E-state index contributed by atoms with van der Waals surface area (Å²) in [5.41, 5.74) is -0.380. The van der Waals surface area contributed by atoms with Crippen LogP contribution in [0.15, 0.2) is 53.0 Å². The highest BCUT2D eigenvalue weighted by Gasteiger charge is 2.76. The highest BCUT2D eigenvalue weighted by molar-refractivity contribution is 9.10. The lowest BCUT2D eigenvalue weighted by atomic mass is 9.80. The Morgan fingerprint density at radius 1 is 0.944 bits per heavy atom. The van der Waals surface area contributed by atoms with Crippen LogP contribution >= 0.6 is 27.5 Å². The molecule has 1 saturated carbocycles. The van der Waals surface area contributed by atoms with Crippen molar-refractivity contribution in [3.05, 3.63) is 63.6 Å². The summed E-state index contributed by atoms with van der Waals surface area (Å²) in [4.78, 5) is 60.0. The van der Waals surface area contributed by atoms with Crippen LogP contribution < -0.4 is 4.90 Å². The fourth-order valence-electron chi connectivity index (χ4n) is 6.76. The Labute approximate surface area is 222 Å². The van der Waals surface area contributed by atoms with E-state index in [0.29, 0.717) is 16.3 Å². The van der Waals surface area contributed by atoms with Crippen molar-refractivity contribution in [3.8, 4) is 0 Å². The van der Waals surface area contributed by atoms with Gasteiger partial charge in [0.2, 0.25) is 11.8 Å². The van der Waals surface area contributed by atoms with E-state index in [0.717, 1.165) is 41.5 Å². The molecule has 5 amide bonds. The minimum absolute atomic E-state index is 0.152. The molecule has 0 aromatic heterocycles. The maximum Gasteiger partial charge on any atom is 0.332 e. The van der Waals surface area contributed by atoms with Gasteiger partial charge in [-0.3, -0.25) is 19.3 Å². The summed E-state index contributed by atoms with van der Waals surface area (Å²) in [5, 5.41) is 0.522. The maximum absolute atomic E-state index is 14.1. The number of fused-ring (bicyclic) bond motifs is 3. The summed E-state index contributed by atoms with van der Waals surface area (Å²) in [7, 11) is 0. The van der Waals surface area contributed by atoms with Crippen LogP contribution in [0.1, 0.15) is 50.6 Å². The predicted molar refractivity (Wildman–Crippen MR) is 137 cm³/mol. The van der Waals surface area contributed by atoms with Crippen molar-refractivity contribution < 1.29 is 19.2 Å². The Morgan fingerprint density at radius 2 is 1.64 bits per heavy atom. The molecule has 0 bridgehead atoms. The molecule has 186 valence electrons. The second-order valence-corrected chi connectivity index (χ2v) is 11.6. The van der Waals surface area contributed by atoms with Crippen LogP contribution in [-0.2, 0) is 14.4 Å². The van der Waals surface area contributed by atoms with Crippen LogP contribution in [0.5, 0.6) is 0 Å². The average molecular weight is 571 g/mol. The molecule has 36 heavy (non-hydrogen) atoms. The van der Waals surface area contributed by atoms with E-state index in [1.165, 1.54) is 9.80 Å². The van der Waals surface area contributed by atoms with Gasteiger partial charge in [-0.25, -0.2) is 9.69 Å². The normalized spacial score (nSPS) is 30.4. The number of nitrogens with zero attached hydrogens (tertiary/aromatic N) is 3. The average Bonchev–Trinajstić information content (AvgIpc) is 3.37. The number of carbonyl (C=O) groups excluding carboxylic acids is 4. The molecule has 0 spiro atoms. The smallest absolute Gasteiger partial charge is 0.301 e. The number of carbonyl (C=O) groups is 4. The fraction of sp³-hybridized carbons (Fsp3) is 0.407. The Bertz CT molecular complexity index is 1290. The molecule has 3 aliphatic heterocycles. The van der Waals surface area contributed by atoms with Crippen LogP contribution in [0.25, 0.3) is 0 Å². The lowest BCUT2D eigenvalue weighted by Crippen LogP contribution is -2.52. The van der Waals surface area contributed by atoms with Gasteiger partial charge in [0.25, 0.3) is 5.91 Å². The molecular weight excluding hydrogens is 546 g/mol. The quantitative estimate of drug-likeness (QED) is 0.370. The van der Waals surface area contributed by atoms with Crippen molar-refractivity contribution in [1.29, 1.82) is 0 Å². The van der Waals surface area contributed by atoms with Crippen LogP contribution in [0.4, 0.5) is 10.5 Å². The van der Waals surface area contributed by atoms with Gasteiger partial charge in [-0.2, -0.15) is 0 Å². The zero-order chi connectivity index (χ0) is 25.4. The highest BCUT2D eigenvalue weighted by Crippen LogP contribution is 2.59. The third-order valence-corrected chi connectivity index (χ3v) is 9.11. The number of benzene rings is 2. The predicted octanol–water partition coefficient (Wildman–Crippen LogP) is 5.32. The Morgan fingerprint density at radius 3 is 2.31 bits per heavy atom. The third kappa shape index (κ3) is 3.16. The first kappa shape index (κ1) is 23.7. The molecule has 1 aliphatic carbocycles.